The molecule has 0 radical (unpaired) electrons. The van der Waals surface area contributed by atoms with Crippen molar-refractivity contribution in [3.63, 3.8) is 0 Å². The Morgan fingerprint density at radius 3 is 1.90 bits per heavy atom. The quantitative estimate of drug-likeness (QED) is 0.279. The van der Waals surface area contributed by atoms with Gasteiger partial charge in [0.1, 0.15) is 0 Å². The summed E-state index contributed by atoms with van der Waals surface area (Å²) in [5.74, 6) is 0. The van der Waals surface area contributed by atoms with Crippen molar-refractivity contribution >= 4 is 33.6 Å². The van der Waals surface area contributed by atoms with Crippen molar-refractivity contribution in [2.75, 3.05) is 6.61 Å². The van der Waals surface area contributed by atoms with E-state index in [1.807, 2.05) is 0 Å². The number of halogens is 2. The minimum absolute atomic E-state index is 0.0755. The van der Waals surface area contributed by atoms with Crippen molar-refractivity contribution in [3.8, 4) is 11.1 Å². The second-order valence-electron chi connectivity index (χ2n) is 11.1. The van der Waals surface area contributed by atoms with Crippen molar-refractivity contribution < 1.29 is 17.1 Å². The van der Waals surface area contributed by atoms with Crippen LogP contribution in [0.5, 0.6) is 0 Å². The zero-order chi connectivity index (χ0) is 23.1. The molecule has 0 bridgehead atoms. The Labute approximate surface area is 200 Å². The molecule has 1 unspecified atom stereocenters. The van der Waals surface area contributed by atoms with E-state index in [0.717, 1.165) is 19.1 Å². The van der Waals surface area contributed by atoms with E-state index >= 15 is 0 Å². The fourth-order valence-corrected chi connectivity index (χ4v) is 30.4. The summed E-state index contributed by atoms with van der Waals surface area (Å²) in [5.41, 5.74) is 5.04. The molecule has 1 N–H and O–H groups in total. The van der Waals surface area contributed by atoms with Gasteiger partial charge in [0.25, 0.3) is 0 Å². The van der Waals surface area contributed by atoms with E-state index in [9.17, 15) is 0 Å². The number of nitrogens with one attached hydrogen (secondary N) is 1. The summed E-state index contributed by atoms with van der Waals surface area (Å²) in [4.78, 5) is 0. The van der Waals surface area contributed by atoms with Gasteiger partial charge in [-0.1, -0.05) is 0 Å². The van der Waals surface area contributed by atoms with Crippen molar-refractivity contribution in [3.05, 3.63) is 59.7 Å². The molecule has 2 aromatic rings. The molecule has 0 saturated heterocycles. The van der Waals surface area contributed by atoms with E-state index in [4.69, 9.17) is 23.0 Å². The Morgan fingerprint density at radius 1 is 0.968 bits per heavy atom. The Morgan fingerprint density at radius 2 is 1.45 bits per heavy atom. The Hall–Kier alpha value is 0.0881. The van der Waals surface area contributed by atoms with E-state index in [-0.39, 0.29) is 9.76 Å². The molecule has 3 rings (SSSR count). The molecule has 0 amide bonds. The van der Waals surface area contributed by atoms with Crippen LogP contribution in [0.15, 0.2) is 48.5 Å². The first-order valence-electron chi connectivity index (χ1n) is 11.4. The molecule has 0 aromatic heterocycles. The van der Waals surface area contributed by atoms with E-state index in [1.165, 1.54) is 22.3 Å². The van der Waals surface area contributed by atoms with E-state index in [1.54, 1.807) is 0 Å². The molecule has 2 nitrogen and oxygen atoms in total. The number of rotatable bonds is 8. The van der Waals surface area contributed by atoms with E-state index in [0.29, 0.717) is 0 Å². The van der Waals surface area contributed by atoms with Crippen LogP contribution in [0.3, 0.4) is 0 Å². The van der Waals surface area contributed by atoms with Crippen LogP contribution in [0.1, 0.15) is 42.5 Å². The van der Waals surface area contributed by atoms with Gasteiger partial charge in [0.2, 0.25) is 0 Å². The predicted molar refractivity (Wildman–Crippen MR) is 140 cm³/mol. The third-order valence-corrected chi connectivity index (χ3v) is 38.5. The van der Waals surface area contributed by atoms with Crippen LogP contribution in [0.4, 0.5) is 0 Å². The number of benzene rings is 2. The van der Waals surface area contributed by atoms with Crippen molar-refractivity contribution in [1.82, 2.24) is 3.80 Å². The summed E-state index contributed by atoms with van der Waals surface area (Å²) in [6.45, 7) is 15.0. The first-order valence-corrected chi connectivity index (χ1v) is 26.1. The SMILES string of the molecule is C[SiH](CCCO[Si](C)(C)C)[Ti]([Cl])([Cl])([NH]C(C)(C)C)[CH]1c2ccccc2-c2ccccc21. The molecule has 1 aliphatic carbocycles. The van der Waals surface area contributed by atoms with Crippen LogP contribution in [0, 0.1) is 0 Å². The first kappa shape index (κ1) is 25.7. The molecule has 0 heterocycles. The number of hydrogen-bond acceptors (Lipinski definition) is 2. The summed E-state index contributed by atoms with van der Waals surface area (Å²) < 4.78 is 10.2. The second-order valence-corrected chi connectivity index (χ2v) is 43.0. The van der Waals surface area contributed by atoms with Gasteiger partial charge in [-0.2, -0.15) is 0 Å². The maximum absolute atomic E-state index is 7.94. The number of fused-ring (bicyclic) bond motifs is 3. The van der Waals surface area contributed by atoms with Gasteiger partial charge in [-0.05, 0) is 0 Å². The third-order valence-electron chi connectivity index (χ3n) is 6.20. The van der Waals surface area contributed by atoms with Crippen LogP contribution in [0.2, 0.25) is 32.2 Å². The minimum atomic E-state index is -4.27. The molecule has 171 valence electrons. The fourth-order valence-electron chi connectivity index (χ4n) is 4.95. The zero-order valence-corrected chi connectivity index (χ0v) is 25.3. The molecule has 2 aromatic carbocycles. The average Bonchev–Trinajstić information content (AvgIpc) is 2.98. The molecule has 0 fully saturated rings. The molecule has 0 spiro atoms. The zero-order valence-electron chi connectivity index (χ0n) is 20.1. The topological polar surface area (TPSA) is 21.3 Å². The van der Waals surface area contributed by atoms with Crippen LogP contribution in [0.25, 0.3) is 11.1 Å². The van der Waals surface area contributed by atoms with Crippen molar-refractivity contribution in [2.45, 2.75) is 69.2 Å². The van der Waals surface area contributed by atoms with Gasteiger partial charge in [-0.3, -0.25) is 0 Å². The van der Waals surface area contributed by atoms with E-state index in [2.05, 4.69) is 99.3 Å². The van der Waals surface area contributed by atoms with Gasteiger partial charge in [-0.25, -0.2) is 0 Å². The van der Waals surface area contributed by atoms with Crippen LogP contribution in [-0.4, -0.2) is 27.1 Å². The van der Waals surface area contributed by atoms with Gasteiger partial charge in [-0.15, -0.1) is 0 Å². The Kier molecular flexibility index (Phi) is 7.49. The third kappa shape index (κ3) is 5.60. The monoisotopic (exact) mass is 530 g/mol. The first-order chi connectivity index (χ1) is 14.2. The summed E-state index contributed by atoms with van der Waals surface area (Å²) in [6, 6.07) is 18.5. The predicted octanol–water partition coefficient (Wildman–Crippen LogP) is 7.65. The summed E-state index contributed by atoms with van der Waals surface area (Å²) in [6.07, 6.45) is 1.04. The Balaban J connectivity index is 2.04. The normalized spacial score (nSPS) is 17.0. The molecule has 1 atom stereocenters. The fraction of sp³-hybridized carbons (Fsp3) is 0.500. The number of hydrogen-bond donors (Lipinski definition) is 1. The maximum atomic E-state index is 7.94. The van der Waals surface area contributed by atoms with E-state index < -0.39 is 27.7 Å². The van der Waals surface area contributed by atoms with Crippen molar-refractivity contribution in [1.29, 1.82) is 0 Å². The standard InChI is InChI=1S/C13H9.C7H19OSi2.C4H10N.2ClH.Ti/c1-3-7-12-10(5-1)9-11-6-2-4-8-13(11)12;1-9-7-5-6-8-10(2,3)4;1-4(2,3)5;;;/h1-9H;9H,5-7H2,1-4H3;5H,1-3H3;2*1H;/q;;-1;;;+3/p-2. The summed E-state index contributed by atoms with van der Waals surface area (Å²) >= 11 is -4.27. The van der Waals surface area contributed by atoms with Gasteiger partial charge >= 0.3 is 201 Å². The molecular formula is C24H38Cl2NOSi2Ti. The van der Waals surface area contributed by atoms with Gasteiger partial charge < -0.3 is 0 Å². The summed E-state index contributed by atoms with van der Waals surface area (Å²) in [5, 5.41) is 0. The second kappa shape index (κ2) is 9.03. The van der Waals surface area contributed by atoms with Crippen LogP contribution >= 0.6 is 18.6 Å². The van der Waals surface area contributed by atoms with Gasteiger partial charge in [0, 0.05) is 0 Å². The molecule has 31 heavy (non-hydrogen) atoms. The summed E-state index contributed by atoms with van der Waals surface area (Å²) in [7, 11) is 14.4. The van der Waals surface area contributed by atoms with Crippen LogP contribution in [-0.2, 0) is 17.1 Å². The van der Waals surface area contributed by atoms with Gasteiger partial charge in [0.05, 0.1) is 0 Å². The van der Waals surface area contributed by atoms with Gasteiger partial charge in [0.15, 0.2) is 0 Å². The molecule has 0 saturated carbocycles. The molecule has 7 heteroatoms. The van der Waals surface area contributed by atoms with Crippen molar-refractivity contribution in [2.24, 2.45) is 0 Å². The molecular weight excluding hydrogens is 493 g/mol. The molecule has 1 aliphatic rings. The average molecular weight is 532 g/mol. The van der Waals surface area contributed by atoms with Crippen LogP contribution < -0.4 is 3.80 Å². The Bertz CT molecular complexity index is 894. The molecule has 0 aliphatic heterocycles.